The maximum atomic E-state index is 11.4. The number of carbonyl (C=O) groups excluding carboxylic acids is 1. The fourth-order valence-electron chi connectivity index (χ4n) is 1.33. The first-order chi connectivity index (χ1) is 7.60. The molecule has 0 aliphatic carbocycles. The standard InChI is InChI=1S/C10H11ClN2O3/c1-2-12(10(14)7-11)8-3-5-9(6-4-8)13(15)16/h3-6H,2,7H2,1H3. The van der Waals surface area contributed by atoms with Gasteiger partial charge in [-0.15, -0.1) is 11.6 Å². The number of nitrogens with zero attached hydrogens (tertiary/aromatic N) is 2. The third kappa shape index (κ3) is 2.70. The highest BCUT2D eigenvalue weighted by Gasteiger charge is 2.13. The zero-order valence-corrected chi connectivity index (χ0v) is 9.48. The van der Waals surface area contributed by atoms with Crippen LogP contribution in [0.1, 0.15) is 6.92 Å². The van der Waals surface area contributed by atoms with Crippen molar-refractivity contribution in [2.24, 2.45) is 0 Å². The van der Waals surface area contributed by atoms with Gasteiger partial charge in [0.05, 0.1) is 4.92 Å². The van der Waals surface area contributed by atoms with E-state index < -0.39 is 4.92 Å². The molecule has 1 rings (SSSR count). The summed E-state index contributed by atoms with van der Waals surface area (Å²) < 4.78 is 0. The van der Waals surface area contributed by atoms with Gasteiger partial charge in [-0.2, -0.15) is 0 Å². The molecule has 0 unspecified atom stereocenters. The molecule has 5 nitrogen and oxygen atoms in total. The van der Waals surface area contributed by atoms with Gasteiger partial charge in [-0.05, 0) is 19.1 Å². The summed E-state index contributed by atoms with van der Waals surface area (Å²) in [5, 5.41) is 10.4. The van der Waals surface area contributed by atoms with Crippen LogP contribution in [0.25, 0.3) is 0 Å². The Kier molecular flexibility index (Phi) is 4.25. The van der Waals surface area contributed by atoms with Crippen LogP contribution < -0.4 is 4.90 Å². The SMILES string of the molecule is CCN(C(=O)CCl)c1ccc([N+](=O)[O-])cc1. The van der Waals surface area contributed by atoms with Crippen molar-refractivity contribution in [3.05, 3.63) is 34.4 Å². The number of alkyl halides is 1. The van der Waals surface area contributed by atoms with Crippen LogP contribution >= 0.6 is 11.6 Å². The molecule has 0 radical (unpaired) electrons. The van der Waals surface area contributed by atoms with Crippen LogP contribution in [0.3, 0.4) is 0 Å². The molecular weight excluding hydrogens is 232 g/mol. The minimum Gasteiger partial charge on any atom is -0.312 e. The monoisotopic (exact) mass is 242 g/mol. The van der Waals surface area contributed by atoms with E-state index in [1.165, 1.54) is 29.2 Å². The van der Waals surface area contributed by atoms with Crippen molar-refractivity contribution in [3.63, 3.8) is 0 Å². The van der Waals surface area contributed by atoms with E-state index in [1.807, 2.05) is 6.92 Å². The van der Waals surface area contributed by atoms with Crippen LogP contribution in [-0.2, 0) is 4.79 Å². The molecule has 1 aromatic rings. The molecular formula is C10H11ClN2O3. The molecule has 0 saturated carbocycles. The average Bonchev–Trinajstić information content (AvgIpc) is 2.30. The van der Waals surface area contributed by atoms with Gasteiger partial charge in [0, 0.05) is 24.4 Å². The third-order valence-corrected chi connectivity index (χ3v) is 2.33. The van der Waals surface area contributed by atoms with Crippen molar-refractivity contribution in [2.75, 3.05) is 17.3 Å². The molecule has 1 amide bonds. The predicted octanol–water partition coefficient (Wildman–Crippen LogP) is 2.19. The van der Waals surface area contributed by atoms with E-state index in [2.05, 4.69) is 0 Å². The van der Waals surface area contributed by atoms with Crippen molar-refractivity contribution < 1.29 is 9.72 Å². The number of nitro benzene ring substituents is 1. The summed E-state index contributed by atoms with van der Waals surface area (Å²) in [5.41, 5.74) is 0.608. The normalized spacial score (nSPS) is 9.88. The molecule has 0 aliphatic heterocycles. The highest BCUT2D eigenvalue weighted by Crippen LogP contribution is 2.19. The van der Waals surface area contributed by atoms with E-state index in [4.69, 9.17) is 11.6 Å². The molecule has 0 aromatic heterocycles. The van der Waals surface area contributed by atoms with Crippen molar-refractivity contribution in [1.82, 2.24) is 0 Å². The molecule has 6 heteroatoms. The number of rotatable bonds is 4. The minimum atomic E-state index is -0.483. The Morgan fingerprint density at radius 1 is 1.44 bits per heavy atom. The molecule has 1 aromatic carbocycles. The van der Waals surface area contributed by atoms with E-state index in [9.17, 15) is 14.9 Å². The number of nitro groups is 1. The maximum Gasteiger partial charge on any atom is 0.269 e. The van der Waals surface area contributed by atoms with Crippen LogP contribution in [-0.4, -0.2) is 23.3 Å². The number of non-ortho nitro benzene ring substituents is 1. The van der Waals surface area contributed by atoms with Crippen LogP contribution in [0.5, 0.6) is 0 Å². The lowest BCUT2D eigenvalue weighted by Gasteiger charge is -2.19. The van der Waals surface area contributed by atoms with Gasteiger partial charge in [0.1, 0.15) is 5.88 Å². The number of hydrogen-bond donors (Lipinski definition) is 0. The van der Waals surface area contributed by atoms with Gasteiger partial charge in [-0.25, -0.2) is 0 Å². The number of carbonyl (C=O) groups is 1. The van der Waals surface area contributed by atoms with Gasteiger partial charge in [0.15, 0.2) is 0 Å². The summed E-state index contributed by atoms with van der Waals surface area (Å²) in [4.78, 5) is 22.9. The zero-order chi connectivity index (χ0) is 12.1. The largest absolute Gasteiger partial charge is 0.312 e. The summed E-state index contributed by atoms with van der Waals surface area (Å²) in [6.45, 7) is 2.29. The minimum absolute atomic E-state index is 0.00174. The van der Waals surface area contributed by atoms with E-state index in [0.29, 0.717) is 12.2 Å². The lowest BCUT2D eigenvalue weighted by atomic mass is 10.2. The summed E-state index contributed by atoms with van der Waals surface area (Å²) >= 11 is 5.46. The third-order valence-electron chi connectivity index (χ3n) is 2.10. The number of halogens is 1. The second-order valence-electron chi connectivity index (χ2n) is 3.05. The van der Waals surface area contributed by atoms with Gasteiger partial charge in [-0.1, -0.05) is 0 Å². The van der Waals surface area contributed by atoms with Crippen LogP contribution in [0.15, 0.2) is 24.3 Å². The molecule has 0 heterocycles. The smallest absolute Gasteiger partial charge is 0.269 e. The van der Waals surface area contributed by atoms with Crippen LogP contribution in [0.2, 0.25) is 0 Å². The molecule has 86 valence electrons. The number of amides is 1. The molecule has 0 spiro atoms. The first-order valence-corrected chi connectivity index (χ1v) is 5.24. The van der Waals surface area contributed by atoms with Crippen molar-refractivity contribution in [3.8, 4) is 0 Å². The Labute approximate surface area is 97.8 Å². The molecule has 0 atom stereocenters. The fraction of sp³-hybridized carbons (Fsp3) is 0.300. The molecule has 0 aliphatic rings. The van der Waals surface area contributed by atoms with Crippen LogP contribution in [0.4, 0.5) is 11.4 Å². The molecule has 0 saturated heterocycles. The van der Waals surface area contributed by atoms with Crippen LogP contribution in [0, 0.1) is 10.1 Å². The lowest BCUT2D eigenvalue weighted by Crippen LogP contribution is -2.31. The van der Waals surface area contributed by atoms with Gasteiger partial charge < -0.3 is 4.90 Å². The number of hydrogen-bond acceptors (Lipinski definition) is 3. The summed E-state index contributed by atoms with van der Waals surface area (Å²) in [6.07, 6.45) is 0. The van der Waals surface area contributed by atoms with Crippen molar-refractivity contribution in [1.29, 1.82) is 0 Å². The second-order valence-corrected chi connectivity index (χ2v) is 3.31. The topological polar surface area (TPSA) is 63.5 Å². The van der Waals surface area contributed by atoms with Crippen molar-refractivity contribution in [2.45, 2.75) is 6.92 Å². The van der Waals surface area contributed by atoms with Gasteiger partial charge in [-0.3, -0.25) is 14.9 Å². The van der Waals surface area contributed by atoms with E-state index in [0.717, 1.165) is 0 Å². The summed E-state index contributed by atoms with van der Waals surface area (Å²) in [5.74, 6) is -0.330. The lowest BCUT2D eigenvalue weighted by molar-refractivity contribution is -0.384. The molecule has 0 fully saturated rings. The second kappa shape index (κ2) is 5.46. The average molecular weight is 243 g/mol. The Balaban J connectivity index is 2.95. The Bertz CT molecular complexity index is 392. The van der Waals surface area contributed by atoms with Gasteiger partial charge in [0.25, 0.3) is 5.69 Å². The quantitative estimate of drug-likeness (QED) is 0.462. The molecule has 0 N–H and O–H groups in total. The Morgan fingerprint density at radius 3 is 2.38 bits per heavy atom. The van der Waals surface area contributed by atoms with Crippen molar-refractivity contribution >= 4 is 28.9 Å². The van der Waals surface area contributed by atoms with E-state index in [1.54, 1.807) is 0 Å². The van der Waals surface area contributed by atoms with Gasteiger partial charge >= 0.3 is 0 Å². The molecule has 0 bridgehead atoms. The van der Waals surface area contributed by atoms with Gasteiger partial charge in [0.2, 0.25) is 5.91 Å². The predicted molar refractivity (Wildman–Crippen MR) is 61.8 cm³/mol. The number of benzene rings is 1. The summed E-state index contributed by atoms with van der Waals surface area (Å²) in [6, 6.07) is 5.79. The fourth-order valence-corrected chi connectivity index (χ4v) is 1.47. The first-order valence-electron chi connectivity index (χ1n) is 4.71. The summed E-state index contributed by atoms with van der Waals surface area (Å²) in [7, 11) is 0. The number of anilines is 1. The first kappa shape index (κ1) is 12.4. The maximum absolute atomic E-state index is 11.4. The van der Waals surface area contributed by atoms with E-state index >= 15 is 0 Å². The highest BCUT2D eigenvalue weighted by molar-refractivity contribution is 6.29. The van der Waals surface area contributed by atoms with E-state index in [-0.39, 0.29) is 17.5 Å². The molecule has 16 heavy (non-hydrogen) atoms. The Hall–Kier alpha value is -1.62. The Morgan fingerprint density at radius 2 is 2.00 bits per heavy atom. The zero-order valence-electron chi connectivity index (χ0n) is 8.72. The highest BCUT2D eigenvalue weighted by atomic mass is 35.5.